The molecular weight excluding hydrogens is 639 g/mol. The van der Waals surface area contributed by atoms with Crippen LogP contribution in [0.15, 0.2) is 164 Å². The minimum atomic E-state index is -0.129. The van der Waals surface area contributed by atoms with E-state index in [1.165, 1.54) is 98.4 Å². The molecule has 0 N–H and O–H groups in total. The van der Waals surface area contributed by atoms with Gasteiger partial charge in [-0.1, -0.05) is 160 Å². The molecule has 3 unspecified atom stereocenters. The second-order valence-corrected chi connectivity index (χ2v) is 16.5. The summed E-state index contributed by atoms with van der Waals surface area (Å²) >= 11 is 0. The molecule has 1 heteroatoms. The fraction of sp³-hybridized carbons (Fsp3) is 0.192. The fourth-order valence-electron chi connectivity index (χ4n) is 11.4. The van der Waals surface area contributed by atoms with Crippen molar-refractivity contribution >= 4 is 17.1 Å². The van der Waals surface area contributed by atoms with Crippen LogP contribution in [0, 0.1) is 11.8 Å². The maximum atomic E-state index is 2.60. The Morgan fingerprint density at radius 2 is 1.04 bits per heavy atom. The summed E-state index contributed by atoms with van der Waals surface area (Å²) in [6.07, 6.45) is 5.35. The zero-order valence-corrected chi connectivity index (χ0v) is 30.5. The highest BCUT2D eigenvalue weighted by Crippen LogP contribution is 2.66. The molecular formula is C52H43N. The summed E-state index contributed by atoms with van der Waals surface area (Å²) in [5, 5.41) is 0. The SMILES string of the molecule is CC1(C)c2ccccc2-c2cccc(-c3ccccc3N(c3ccc4c(c3)C3(CC5CCC3C5)c3ccccc3-4)c3ccccc3-c3ccccc3)c21. The predicted octanol–water partition coefficient (Wildman–Crippen LogP) is 13.9. The lowest BCUT2D eigenvalue weighted by Gasteiger charge is -2.37. The van der Waals surface area contributed by atoms with Gasteiger partial charge in [-0.3, -0.25) is 0 Å². The Morgan fingerprint density at radius 3 is 1.75 bits per heavy atom. The number of hydrogen-bond acceptors (Lipinski definition) is 1. The molecule has 2 bridgehead atoms. The first kappa shape index (κ1) is 30.9. The number of para-hydroxylation sites is 2. The van der Waals surface area contributed by atoms with Crippen molar-refractivity contribution in [2.24, 2.45) is 11.8 Å². The minimum absolute atomic E-state index is 0.102. The van der Waals surface area contributed by atoms with Gasteiger partial charge in [0, 0.05) is 27.6 Å². The molecule has 256 valence electrons. The Balaban J connectivity index is 1.17. The third-order valence-corrected chi connectivity index (χ3v) is 13.5. The summed E-state index contributed by atoms with van der Waals surface area (Å²) in [6, 6.07) is 61.8. The van der Waals surface area contributed by atoms with Crippen LogP contribution in [-0.2, 0) is 10.8 Å². The molecule has 7 aromatic carbocycles. The lowest BCUT2D eigenvalue weighted by atomic mass is 9.67. The van der Waals surface area contributed by atoms with E-state index in [4.69, 9.17) is 0 Å². The second-order valence-electron chi connectivity index (χ2n) is 16.5. The van der Waals surface area contributed by atoms with E-state index < -0.39 is 0 Å². The van der Waals surface area contributed by atoms with Crippen molar-refractivity contribution in [1.82, 2.24) is 0 Å². The first-order valence-electron chi connectivity index (χ1n) is 19.6. The highest BCUT2D eigenvalue weighted by Gasteiger charge is 2.56. The third kappa shape index (κ3) is 4.31. The number of fused-ring (bicyclic) bond motifs is 11. The molecule has 4 aliphatic rings. The summed E-state index contributed by atoms with van der Waals surface area (Å²) in [6.45, 7) is 4.80. The fourth-order valence-corrected chi connectivity index (χ4v) is 11.4. The average molecular weight is 682 g/mol. The van der Waals surface area contributed by atoms with Crippen LogP contribution in [0.25, 0.3) is 44.5 Å². The Bertz CT molecular complexity index is 2580. The number of rotatable bonds is 5. The summed E-state index contributed by atoms with van der Waals surface area (Å²) in [4.78, 5) is 2.58. The van der Waals surface area contributed by atoms with Gasteiger partial charge in [0.25, 0.3) is 0 Å². The van der Waals surface area contributed by atoms with Crippen LogP contribution in [0.1, 0.15) is 61.8 Å². The maximum absolute atomic E-state index is 2.60. The largest absolute Gasteiger partial charge is 0.309 e. The highest BCUT2D eigenvalue weighted by atomic mass is 15.1. The minimum Gasteiger partial charge on any atom is -0.309 e. The van der Waals surface area contributed by atoms with Crippen LogP contribution in [0.5, 0.6) is 0 Å². The molecule has 0 aliphatic heterocycles. The van der Waals surface area contributed by atoms with Gasteiger partial charge in [-0.05, 0) is 111 Å². The Labute approximate surface area is 313 Å². The van der Waals surface area contributed by atoms with E-state index in [-0.39, 0.29) is 10.8 Å². The number of nitrogens with zero attached hydrogens (tertiary/aromatic N) is 1. The van der Waals surface area contributed by atoms with Crippen LogP contribution >= 0.6 is 0 Å². The van der Waals surface area contributed by atoms with E-state index in [0.29, 0.717) is 5.92 Å². The van der Waals surface area contributed by atoms with Gasteiger partial charge in [0.05, 0.1) is 11.4 Å². The summed E-state index contributed by atoms with van der Waals surface area (Å²) < 4.78 is 0. The van der Waals surface area contributed by atoms with Crippen molar-refractivity contribution in [3.05, 3.63) is 186 Å². The highest BCUT2D eigenvalue weighted by molar-refractivity contribution is 5.97. The van der Waals surface area contributed by atoms with Crippen LogP contribution in [-0.4, -0.2) is 0 Å². The Kier molecular flexibility index (Phi) is 6.66. The van der Waals surface area contributed by atoms with Gasteiger partial charge in [-0.25, -0.2) is 0 Å². The second kappa shape index (κ2) is 11.4. The smallest absolute Gasteiger partial charge is 0.0540 e. The van der Waals surface area contributed by atoms with Gasteiger partial charge in [0.2, 0.25) is 0 Å². The molecule has 53 heavy (non-hydrogen) atoms. The molecule has 4 aliphatic carbocycles. The zero-order valence-electron chi connectivity index (χ0n) is 30.5. The van der Waals surface area contributed by atoms with Crippen molar-refractivity contribution in [2.45, 2.75) is 50.4 Å². The van der Waals surface area contributed by atoms with E-state index in [1.807, 2.05) is 0 Å². The van der Waals surface area contributed by atoms with Gasteiger partial charge in [0.1, 0.15) is 0 Å². The van der Waals surface area contributed by atoms with E-state index in [9.17, 15) is 0 Å². The molecule has 0 amide bonds. The van der Waals surface area contributed by atoms with E-state index in [2.05, 4.69) is 183 Å². The third-order valence-electron chi connectivity index (χ3n) is 13.5. The summed E-state index contributed by atoms with van der Waals surface area (Å²) in [5.41, 5.74) is 20.1. The summed E-state index contributed by atoms with van der Waals surface area (Å²) in [7, 11) is 0. The van der Waals surface area contributed by atoms with E-state index in [0.717, 1.165) is 5.92 Å². The molecule has 3 atom stereocenters. The van der Waals surface area contributed by atoms with Gasteiger partial charge >= 0.3 is 0 Å². The topological polar surface area (TPSA) is 3.24 Å². The molecule has 1 nitrogen and oxygen atoms in total. The average Bonchev–Trinajstić information content (AvgIpc) is 3.96. The van der Waals surface area contributed by atoms with Crippen molar-refractivity contribution in [1.29, 1.82) is 0 Å². The number of benzene rings is 7. The standard InChI is InChI=1S/C52H43N/c1-51(2)45-23-10-6-19-40(45)43-21-14-22-44(50(43)51)42-20-9-13-26-49(42)53(48-25-12-8-17-38(48)35-15-4-3-5-16-35)37-29-30-41-39-18-7-11-24-46(39)52(47(41)32-37)33-34-27-28-36(52)31-34/h3-26,29-30,32,34,36H,27-28,31,33H2,1-2H3. The van der Waals surface area contributed by atoms with E-state index >= 15 is 0 Å². The van der Waals surface area contributed by atoms with Crippen LogP contribution < -0.4 is 4.90 Å². The van der Waals surface area contributed by atoms with Crippen LogP contribution in [0.4, 0.5) is 17.1 Å². The zero-order chi connectivity index (χ0) is 35.3. The van der Waals surface area contributed by atoms with E-state index in [1.54, 1.807) is 11.1 Å². The van der Waals surface area contributed by atoms with Gasteiger partial charge in [-0.15, -0.1) is 0 Å². The van der Waals surface area contributed by atoms with Gasteiger partial charge < -0.3 is 4.90 Å². The van der Waals surface area contributed by atoms with Crippen molar-refractivity contribution < 1.29 is 0 Å². The van der Waals surface area contributed by atoms with Gasteiger partial charge in [0.15, 0.2) is 0 Å². The van der Waals surface area contributed by atoms with Crippen molar-refractivity contribution in [2.75, 3.05) is 4.90 Å². The lowest BCUT2D eigenvalue weighted by Crippen LogP contribution is -2.32. The van der Waals surface area contributed by atoms with Gasteiger partial charge in [-0.2, -0.15) is 0 Å². The van der Waals surface area contributed by atoms with Crippen molar-refractivity contribution in [3.8, 4) is 44.5 Å². The Morgan fingerprint density at radius 1 is 0.472 bits per heavy atom. The molecule has 2 saturated carbocycles. The molecule has 0 aromatic heterocycles. The predicted molar refractivity (Wildman–Crippen MR) is 221 cm³/mol. The number of hydrogen-bond donors (Lipinski definition) is 0. The normalized spacial score (nSPS) is 20.9. The van der Waals surface area contributed by atoms with Crippen molar-refractivity contribution in [3.63, 3.8) is 0 Å². The monoisotopic (exact) mass is 681 g/mol. The molecule has 0 heterocycles. The first-order chi connectivity index (χ1) is 26.0. The molecule has 2 fully saturated rings. The van der Waals surface area contributed by atoms with Crippen LogP contribution in [0.2, 0.25) is 0 Å². The molecule has 1 spiro atoms. The Hall–Kier alpha value is -5.66. The molecule has 0 radical (unpaired) electrons. The number of anilines is 3. The molecule has 7 aromatic rings. The molecule has 11 rings (SSSR count). The molecule has 0 saturated heterocycles. The van der Waals surface area contributed by atoms with Crippen LogP contribution in [0.3, 0.4) is 0 Å². The summed E-state index contributed by atoms with van der Waals surface area (Å²) in [5.74, 6) is 1.53. The lowest BCUT2D eigenvalue weighted by molar-refractivity contribution is 0.327. The maximum Gasteiger partial charge on any atom is 0.0540 e. The quantitative estimate of drug-likeness (QED) is 0.175. The first-order valence-corrected chi connectivity index (χ1v) is 19.6.